The van der Waals surface area contributed by atoms with E-state index >= 15 is 0 Å². The van der Waals surface area contributed by atoms with Crippen molar-refractivity contribution in [3.8, 4) is 11.1 Å². The number of likely N-dealkylation sites (tertiary alicyclic amines) is 1. The van der Waals surface area contributed by atoms with E-state index in [2.05, 4.69) is 58.4 Å². The number of hydrogen-bond donors (Lipinski definition) is 0. The lowest BCUT2D eigenvalue weighted by Crippen LogP contribution is -2.23. The minimum atomic E-state index is 0.481. The van der Waals surface area contributed by atoms with E-state index in [0.29, 0.717) is 6.04 Å². The van der Waals surface area contributed by atoms with Crippen molar-refractivity contribution in [2.24, 2.45) is 0 Å². The van der Waals surface area contributed by atoms with E-state index in [-0.39, 0.29) is 0 Å². The SMILES string of the molecule is Cc1nc2ccc(-c3cccc([C@H](C)N4CCCC4)c3)cn2n1. The van der Waals surface area contributed by atoms with E-state index in [1.807, 2.05) is 17.5 Å². The quantitative estimate of drug-likeness (QED) is 0.736. The van der Waals surface area contributed by atoms with Crippen LogP contribution in [-0.4, -0.2) is 32.6 Å². The molecule has 4 nitrogen and oxygen atoms in total. The lowest BCUT2D eigenvalue weighted by atomic mass is 10.0. The number of pyridine rings is 1. The van der Waals surface area contributed by atoms with Crippen LogP contribution in [0.4, 0.5) is 0 Å². The van der Waals surface area contributed by atoms with Gasteiger partial charge in [0.2, 0.25) is 0 Å². The minimum absolute atomic E-state index is 0.481. The van der Waals surface area contributed by atoms with Crippen LogP contribution >= 0.6 is 0 Å². The second-order valence-corrected chi connectivity index (χ2v) is 6.42. The van der Waals surface area contributed by atoms with Crippen molar-refractivity contribution in [3.05, 3.63) is 54.0 Å². The molecular formula is C19H22N4. The number of nitrogens with zero attached hydrogens (tertiary/aromatic N) is 4. The number of aromatic nitrogens is 3. The predicted molar refractivity (Wildman–Crippen MR) is 92.4 cm³/mol. The summed E-state index contributed by atoms with van der Waals surface area (Å²) in [5.74, 6) is 0.804. The van der Waals surface area contributed by atoms with Gasteiger partial charge in [0.1, 0.15) is 5.82 Å². The Morgan fingerprint density at radius 2 is 1.87 bits per heavy atom. The molecule has 4 rings (SSSR count). The fourth-order valence-corrected chi connectivity index (χ4v) is 3.48. The van der Waals surface area contributed by atoms with Crippen LogP contribution in [0.2, 0.25) is 0 Å². The van der Waals surface area contributed by atoms with Crippen LogP contribution in [0.25, 0.3) is 16.8 Å². The van der Waals surface area contributed by atoms with Gasteiger partial charge >= 0.3 is 0 Å². The predicted octanol–water partition coefficient (Wildman–Crippen LogP) is 3.86. The van der Waals surface area contributed by atoms with Crippen LogP contribution in [0.15, 0.2) is 42.6 Å². The van der Waals surface area contributed by atoms with Gasteiger partial charge in [-0.2, -0.15) is 5.10 Å². The molecule has 0 N–H and O–H groups in total. The highest BCUT2D eigenvalue weighted by atomic mass is 15.3. The molecule has 1 fully saturated rings. The Kier molecular flexibility index (Phi) is 3.62. The Labute approximate surface area is 136 Å². The molecule has 0 bridgehead atoms. The zero-order valence-corrected chi connectivity index (χ0v) is 13.7. The summed E-state index contributed by atoms with van der Waals surface area (Å²) in [5, 5.41) is 4.42. The Bertz CT molecular complexity index is 830. The first-order chi connectivity index (χ1) is 11.2. The summed E-state index contributed by atoms with van der Waals surface area (Å²) < 4.78 is 1.86. The summed E-state index contributed by atoms with van der Waals surface area (Å²) >= 11 is 0. The monoisotopic (exact) mass is 306 g/mol. The summed E-state index contributed by atoms with van der Waals surface area (Å²) in [6.07, 6.45) is 4.72. The number of rotatable bonds is 3. The Morgan fingerprint density at radius 1 is 1.04 bits per heavy atom. The minimum Gasteiger partial charge on any atom is -0.297 e. The molecule has 118 valence electrons. The van der Waals surface area contributed by atoms with Gasteiger partial charge in [-0.05, 0) is 69.1 Å². The van der Waals surface area contributed by atoms with Crippen molar-refractivity contribution in [1.29, 1.82) is 0 Å². The molecule has 1 aliphatic rings. The maximum Gasteiger partial charge on any atom is 0.155 e. The van der Waals surface area contributed by atoms with Gasteiger partial charge in [0, 0.05) is 17.8 Å². The Balaban J connectivity index is 1.68. The second kappa shape index (κ2) is 5.78. The molecule has 1 atom stereocenters. The summed E-state index contributed by atoms with van der Waals surface area (Å²) in [7, 11) is 0. The maximum absolute atomic E-state index is 4.42. The van der Waals surface area contributed by atoms with Gasteiger partial charge in [-0.1, -0.05) is 18.2 Å². The molecule has 3 aromatic rings. The van der Waals surface area contributed by atoms with Crippen LogP contribution in [-0.2, 0) is 0 Å². The molecule has 0 amide bonds. The normalized spacial score (nSPS) is 17.0. The molecule has 2 aromatic heterocycles. The number of hydrogen-bond acceptors (Lipinski definition) is 3. The van der Waals surface area contributed by atoms with Crippen LogP contribution in [0.1, 0.15) is 37.2 Å². The highest BCUT2D eigenvalue weighted by Crippen LogP contribution is 2.28. The highest BCUT2D eigenvalue weighted by molar-refractivity contribution is 5.65. The highest BCUT2D eigenvalue weighted by Gasteiger charge is 2.19. The molecule has 1 aromatic carbocycles. The third-order valence-corrected chi connectivity index (χ3v) is 4.83. The number of fused-ring (bicyclic) bond motifs is 1. The average molecular weight is 306 g/mol. The summed E-state index contributed by atoms with van der Waals surface area (Å²) in [5.41, 5.74) is 4.70. The van der Waals surface area contributed by atoms with E-state index < -0.39 is 0 Å². The Hall–Kier alpha value is -2.20. The fraction of sp³-hybridized carbons (Fsp3) is 0.368. The molecule has 0 saturated carbocycles. The molecule has 3 heterocycles. The van der Waals surface area contributed by atoms with E-state index in [4.69, 9.17) is 0 Å². The largest absolute Gasteiger partial charge is 0.297 e. The maximum atomic E-state index is 4.42. The average Bonchev–Trinajstić information content (AvgIpc) is 3.22. The first-order valence-electron chi connectivity index (χ1n) is 8.38. The third-order valence-electron chi connectivity index (χ3n) is 4.83. The molecule has 1 aliphatic heterocycles. The Morgan fingerprint density at radius 3 is 2.70 bits per heavy atom. The van der Waals surface area contributed by atoms with Gasteiger partial charge in [-0.25, -0.2) is 9.50 Å². The standard InChI is InChI=1S/C19H22N4/c1-14(22-10-3-4-11-22)16-6-5-7-17(12-16)18-8-9-19-20-15(2)21-23(19)13-18/h5-9,12-14H,3-4,10-11H2,1-2H3/t14-/m0/s1. The van der Waals surface area contributed by atoms with Crippen molar-refractivity contribution >= 4 is 5.65 Å². The van der Waals surface area contributed by atoms with Gasteiger partial charge in [-0.3, -0.25) is 4.90 Å². The van der Waals surface area contributed by atoms with Crippen molar-refractivity contribution in [3.63, 3.8) is 0 Å². The zero-order valence-electron chi connectivity index (χ0n) is 13.7. The van der Waals surface area contributed by atoms with E-state index in [1.165, 1.54) is 42.6 Å². The van der Waals surface area contributed by atoms with Crippen LogP contribution in [0.3, 0.4) is 0 Å². The molecule has 0 spiro atoms. The molecule has 0 unspecified atom stereocenters. The lowest BCUT2D eigenvalue weighted by Gasteiger charge is -2.24. The lowest BCUT2D eigenvalue weighted by molar-refractivity contribution is 0.263. The molecule has 1 saturated heterocycles. The van der Waals surface area contributed by atoms with Gasteiger partial charge in [0.15, 0.2) is 5.65 Å². The van der Waals surface area contributed by atoms with Crippen molar-refractivity contribution < 1.29 is 0 Å². The van der Waals surface area contributed by atoms with Crippen molar-refractivity contribution in [1.82, 2.24) is 19.5 Å². The molecule has 4 heteroatoms. The van der Waals surface area contributed by atoms with Gasteiger partial charge in [0.25, 0.3) is 0 Å². The van der Waals surface area contributed by atoms with Crippen molar-refractivity contribution in [2.45, 2.75) is 32.7 Å². The molecular weight excluding hydrogens is 284 g/mol. The zero-order chi connectivity index (χ0) is 15.8. The van der Waals surface area contributed by atoms with Gasteiger partial charge < -0.3 is 0 Å². The second-order valence-electron chi connectivity index (χ2n) is 6.42. The number of aryl methyl sites for hydroxylation is 1. The van der Waals surface area contributed by atoms with Crippen LogP contribution < -0.4 is 0 Å². The third kappa shape index (κ3) is 2.75. The van der Waals surface area contributed by atoms with E-state index in [0.717, 1.165) is 11.5 Å². The first kappa shape index (κ1) is 14.4. The molecule has 0 radical (unpaired) electrons. The van der Waals surface area contributed by atoms with Crippen LogP contribution in [0, 0.1) is 6.92 Å². The topological polar surface area (TPSA) is 33.4 Å². The summed E-state index contributed by atoms with van der Waals surface area (Å²) in [6, 6.07) is 13.5. The smallest absolute Gasteiger partial charge is 0.155 e. The van der Waals surface area contributed by atoms with Gasteiger partial charge in [0.05, 0.1) is 0 Å². The molecule has 23 heavy (non-hydrogen) atoms. The van der Waals surface area contributed by atoms with Crippen LogP contribution in [0.5, 0.6) is 0 Å². The van der Waals surface area contributed by atoms with Gasteiger partial charge in [-0.15, -0.1) is 0 Å². The summed E-state index contributed by atoms with van der Waals surface area (Å²) in [4.78, 5) is 6.96. The van der Waals surface area contributed by atoms with E-state index in [1.54, 1.807) is 0 Å². The fourth-order valence-electron chi connectivity index (χ4n) is 3.48. The number of benzene rings is 1. The van der Waals surface area contributed by atoms with Crippen molar-refractivity contribution in [2.75, 3.05) is 13.1 Å². The molecule has 0 aliphatic carbocycles. The summed E-state index contributed by atoms with van der Waals surface area (Å²) in [6.45, 7) is 6.67. The van der Waals surface area contributed by atoms with E-state index in [9.17, 15) is 0 Å². The first-order valence-corrected chi connectivity index (χ1v) is 8.38.